The molecule has 2 amide bonds. The summed E-state index contributed by atoms with van der Waals surface area (Å²) < 4.78 is 10.7. The van der Waals surface area contributed by atoms with E-state index in [0.29, 0.717) is 35.4 Å². The van der Waals surface area contributed by atoms with E-state index in [-0.39, 0.29) is 18.2 Å². The van der Waals surface area contributed by atoms with Gasteiger partial charge in [-0.15, -0.1) is 0 Å². The number of benzene rings is 2. The number of likely N-dealkylation sites (tertiary alicyclic amines) is 1. The summed E-state index contributed by atoms with van der Waals surface area (Å²) >= 11 is 5.82. The molecule has 1 N–H and O–H groups in total. The van der Waals surface area contributed by atoms with Gasteiger partial charge in [-0.25, -0.2) is 0 Å². The maximum atomic E-state index is 13.7. The highest BCUT2D eigenvalue weighted by molar-refractivity contribution is 7.80. The fourth-order valence-corrected chi connectivity index (χ4v) is 5.41. The van der Waals surface area contributed by atoms with E-state index in [1.54, 1.807) is 36.3 Å². The zero-order valence-corrected chi connectivity index (χ0v) is 23.3. The van der Waals surface area contributed by atoms with Crippen molar-refractivity contribution in [3.63, 3.8) is 0 Å². The SMILES string of the molecule is CCOc1ccc(N2C(=O)C(CC(=O)Nc3ccc(OC)cc3)N(CCCN3CCC(C)CC3)C2=S)cc1. The summed E-state index contributed by atoms with van der Waals surface area (Å²) in [6.07, 6.45) is 3.33. The van der Waals surface area contributed by atoms with Gasteiger partial charge in [-0.2, -0.15) is 0 Å². The molecular weight excluding hydrogens is 500 g/mol. The van der Waals surface area contributed by atoms with Crippen LogP contribution in [0.25, 0.3) is 0 Å². The molecule has 38 heavy (non-hydrogen) atoms. The van der Waals surface area contributed by atoms with E-state index in [1.807, 2.05) is 36.1 Å². The van der Waals surface area contributed by atoms with E-state index in [0.717, 1.165) is 37.7 Å². The lowest BCUT2D eigenvalue weighted by Crippen LogP contribution is -2.40. The highest BCUT2D eigenvalue weighted by Gasteiger charge is 2.44. The lowest BCUT2D eigenvalue weighted by Gasteiger charge is -2.31. The molecule has 4 rings (SSSR count). The lowest BCUT2D eigenvalue weighted by atomic mass is 9.99. The van der Waals surface area contributed by atoms with E-state index in [1.165, 1.54) is 12.8 Å². The highest BCUT2D eigenvalue weighted by Crippen LogP contribution is 2.29. The van der Waals surface area contributed by atoms with Crippen LogP contribution in [0.15, 0.2) is 48.5 Å². The van der Waals surface area contributed by atoms with Crippen LogP contribution >= 0.6 is 12.2 Å². The Bertz CT molecular complexity index is 1100. The van der Waals surface area contributed by atoms with Gasteiger partial charge >= 0.3 is 0 Å². The minimum atomic E-state index is -0.659. The van der Waals surface area contributed by atoms with Gasteiger partial charge in [0.05, 0.1) is 25.8 Å². The number of nitrogens with zero attached hydrogens (tertiary/aromatic N) is 3. The number of amides is 2. The Kier molecular flexibility index (Phi) is 9.58. The quantitative estimate of drug-likeness (QED) is 0.421. The van der Waals surface area contributed by atoms with Gasteiger partial charge < -0.3 is 24.6 Å². The van der Waals surface area contributed by atoms with Gasteiger partial charge in [0.1, 0.15) is 17.5 Å². The summed E-state index contributed by atoms with van der Waals surface area (Å²) in [7, 11) is 1.60. The molecule has 0 radical (unpaired) electrons. The van der Waals surface area contributed by atoms with Crippen LogP contribution < -0.4 is 19.7 Å². The Hall–Kier alpha value is -3.17. The number of thiocarbonyl (C=S) groups is 1. The summed E-state index contributed by atoms with van der Waals surface area (Å²) in [4.78, 5) is 32.7. The molecule has 2 aliphatic rings. The number of hydrogen-bond acceptors (Lipinski definition) is 6. The molecule has 2 aromatic carbocycles. The molecule has 2 fully saturated rings. The van der Waals surface area contributed by atoms with Gasteiger partial charge in [-0.1, -0.05) is 6.92 Å². The Morgan fingerprint density at radius 1 is 1.03 bits per heavy atom. The molecule has 204 valence electrons. The van der Waals surface area contributed by atoms with E-state index >= 15 is 0 Å². The third-order valence-electron chi connectivity index (χ3n) is 7.23. The number of nitrogens with one attached hydrogen (secondary N) is 1. The Morgan fingerprint density at radius 2 is 1.68 bits per heavy atom. The monoisotopic (exact) mass is 538 g/mol. The van der Waals surface area contributed by atoms with Crippen molar-refractivity contribution in [2.24, 2.45) is 5.92 Å². The molecule has 8 nitrogen and oxygen atoms in total. The van der Waals surface area contributed by atoms with Crippen LogP contribution in [0.2, 0.25) is 0 Å². The molecule has 0 bridgehead atoms. The number of rotatable bonds is 11. The Labute approximate surface area is 230 Å². The molecule has 2 heterocycles. The first kappa shape index (κ1) is 27.9. The second-order valence-electron chi connectivity index (χ2n) is 9.95. The van der Waals surface area contributed by atoms with Crippen LogP contribution in [-0.2, 0) is 9.59 Å². The van der Waals surface area contributed by atoms with Crippen LogP contribution in [0, 0.1) is 5.92 Å². The lowest BCUT2D eigenvalue weighted by molar-refractivity contribution is -0.124. The van der Waals surface area contributed by atoms with E-state index in [2.05, 4.69) is 17.1 Å². The maximum Gasteiger partial charge on any atom is 0.256 e. The van der Waals surface area contributed by atoms with Gasteiger partial charge in [0.25, 0.3) is 5.91 Å². The Morgan fingerprint density at radius 3 is 2.32 bits per heavy atom. The topological polar surface area (TPSA) is 74.3 Å². The molecule has 2 saturated heterocycles. The minimum Gasteiger partial charge on any atom is -0.497 e. The summed E-state index contributed by atoms with van der Waals surface area (Å²) in [5, 5.41) is 3.34. The third kappa shape index (κ3) is 6.82. The van der Waals surface area contributed by atoms with Crippen molar-refractivity contribution in [1.29, 1.82) is 0 Å². The number of ether oxygens (including phenoxy) is 2. The molecular formula is C29H38N4O4S. The molecule has 0 saturated carbocycles. The first-order valence-electron chi connectivity index (χ1n) is 13.4. The fourth-order valence-electron chi connectivity index (χ4n) is 5.00. The fraction of sp³-hybridized carbons (Fsp3) is 0.483. The van der Waals surface area contributed by atoms with Crippen LogP contribution in [0.4, 0.5) is 11.4 Å². The molecule has 2 aliphatic heterocycles. The second kappa shape index (κ2) is 13.1. The van der Waals surface area contributed by atoms with Crippen LogP contribution in [-0.4, -0.2) is 72.7 Å². The summed E-state index contributed by atoms with van der Waals surface area (Å²) in [5.41, 5.74) is 1.33. The molecule has 0 aromatic heterocycles. The average molecular weight is 539 g/mol. The maximum absolute atomic E-state index is 13.7. The number of piperidine rings is 1. The summed E-state index contributed by atoms with van der Waals surface area (Å²) in [6.45, 7) is 8.58. The average Bonchev–Trinajstić information content (AvgIpc) is 3.15. The van der Waals surface area contributed by atoms with E-state index in [9.17, 15) is 9.59 Å². The number of carbonyl (C=O) groups excluding carboxylic acids is 2. The predicted octanol–water partition coefficient (Wildman–Crippen LogP) is 4.55. The summed E-state index contributed by atoms with van der Waals surface area (Å²) in [5.74, 6) is 1.80. The number of carbonyl (C=O) groups is 2. The van der Waals surface area contributed by atoms with Gasteiger partial charge in [-0.05, 0) is 112 Å². The van der Waals surface area contributed by atoms with Crippen molar-refractivity contribution in [2.75, 3.05) is 50.1 Å². The number of methoxy groups -OCH3 is 1. The third-order valence-corrected chi connectivity index (χ3v) is 7.64. The van der Waals surface area contributed by atoms with E-state index < -0.39 is 6.04 Å². The van der Waals surface area contributed by atoms with Crippen molar-refractivity contribution in [3.05, 3.63) is 48.5 Å². The molecule has 0 aliphatic carbocycles. The van der Waals surface area contributed by atoms with Crippen molar-refractivity contribution in [1.82, 2.24) is 9.80 Å². The molecule has 0 spiro atoms. The molecule has 1 unspecified atom stereocenters. The number of anilines is 2. The van der Waals surface area contributed by atoms with Gasteiger partial charge in [0.2, 0.25) is 5.91 Å². The van der Waals surface area contributed by atoms with Crippen molar-refractivity contribution >= 4 is 40.5 Å². The zero-order valence-electron chi connectivity index (χ0n) is 22.5. The smallest absolute Gasteiger partial charge is 0.256 e. The second-order valence-corrected chi connectivity index (χ2v) is 10.3. The van der Waals surface area contributed by atoms with Gasteiger partial charge in [0, 0.05) is 12.2 Å². The summed E-state index contributed by atoms with van der Waals surface area (Å²) in [6, 6.07) is 13.8. The Balaban J connectivity index is 1.46. The van der Waals surface area contributed by atoms with Crippen LogP contribution in [0.3, 0.4) is 0 Å². The standard InChI is InChI=1S/C29H38N4O4S/c1-4-37-25-12-8-23(9-13-25)33-28(35)26(20-27(34)30-22-6-10-24(36-3)11-7-22)32(29(33)38)17-5-16-31-18-14-21(2)15-19-31/h6-13,21,26H,4-5,14-20H2,1-3H3,(H,30,34). The van der Waals surface area contributed by atoms with Crippen molar-refractivity contribution in [3.8, 4) is 11.5 Å². The minimum absolute atomic E-state index is 0.0137. The van der Waals surface area contributed by atoms with Gasteiger partial charge in [0.15, 0.2) is 5.11 Å². The zero-order chi connectivity index (χ0) is 27.1. The van der Waals surface area contributed by atoms with Crippen molar-refractivity contribution in [2.45, 2.75) is 45.6 Å². The molecule has 9 heteroatoms. The predicted molar refractivity (Wildman–Crippen MR) is 154 cm³/mol. The first-order chi connectivity index (χ1) is 18.4. The highest BCUT2D eigenvalue weighted by atomic mass is 32.1. The normalized spacial score (nSPS) is 18.7. The number of hydrogen-bond donors (Lipinski definition) is 1. The first-order valence-corrected chi connectivity index (χ1v) is 13.8. The van der Waals surface area contributed by atoms with E-state index in [4.69, 9.17) is 21.7 Å². The molecule has 2 aromatic rings. The van der Waals surface area contributed by atoms with Crippen LogP contribution in [0.5, 0.6) is 11.5 Å². The van der Waals surface area contributed by atoms with Gasteiger partial charge in [-0.3, -0.25) is 14.5 Å². The molecule has 1 atom stereocenters. The van der Waals surface area contributed by atoms with Crippen molar-refractivity contribution < 1.29 is 19.1 Å². The largest absolute Gasteiger partial charge is 0.497 e. The van der Waals surface area contributed by atoms with Crippen LogP contribution in [0.1, 0.15) is 39.5 Å².